The van der Waals surface area contributed by atoms with Crippen LogP contribution in [-0.2, 0) is 23.8 Å². The number of piperidine rings is 1. The summed E-state index contributed by atoms with van der Waals surface area (Å²) in [6.07, 6.45) is 50.5. The summed E-state index contributed by atoms with van der Waals surface area (Å²) in [4.78, 5) is 27.5. The average molecular weight is 874 g/mol. The number of likely N-dealkylation sites (tertiary alicyclic amines) is 1. The summed E-state index contributed by atoms with van der Waals surface area (Å²) < 4.78 is 18.4. The largest absolute Gasteiger partial charge is 0.466 e. The topological polar surface area (TPSA) is 65.1 Å². The van der Waals surface area contributed by atoms with Crippen molar-refractivity contribution in [1.82, 2.24) is 4.90 Å². The van der Waals surface area contributed by atoms with Crippen LogP contribution in [-0.4, -0.2) is 61.4 Å². The molecule has 0 radical (unpaired) electrons. The minimum absolute atomic E-state index is 0.0185. The highest BCUT2D eigenvalue weighted by atomic mass is 16.5. The van der Waals surface area contributed by atoms with Crippen molar-refractivity contribution in [3.8, 4) is 0 Å². The fourth-order valence-corrected chi connectivity index (χ4v) is 10.6. The minimum atomic E-state index is 0.0185. The summed E-state index contributed by atoms with van der Waals surface area (Å²) in [5.41, 5.74) is 0.0945. The maximum absolute atomic E-state index is 12.4. The lowest BCUT2D eigenvalue weighted by Crippen LogP contribution is -2.38. The van der Waals surface area contributed by atoms with Gasteiger partial charge in [-0.3, -0.25) is 9.59 Å². The molecule has 1 atom stereocenters. The van der Waals surface area contributed by atoms with Crippen LogP contribution in [0.2, 0.25) is 0 Å². The molecule has 2 heterocycles. The zero-order valence-corrected chi connectivity index (χ0v) is 42.2. The predicted octanol–water partition coefficient (Wildman–Crippen LogP) is 16.8. The van der Waals surface area contributed by atoms with Gasteiger partial charge in [0.25, 0.3) is 0 Å². The van der Waals surface area contributed by atoms with E-state index in [-0.39, 0.29) is 17.5 Å². The monoisotopic (exact) mass is 874 g/mol. The molecular weight excluding hydrogens is 767 g/mol. The van der Waals surface area contributed by atoms with Crippen LogP contribution in [0.1, 0.15) is 291 Å². The Kier molecular flexibility index (Phi) is 36.9. The zero-order valence-electron chi connectivity index (χ0n) is 42.2. The summed E-state index contributed by atoms with van der Waals surface area (Å²) >= 11 is 0. The van der Waals surface area contributed by atoms with Gasteiger partial charge in [0.1, 0.15) is 0 Å². The van der Waals surface area contributed by atoms with E-state index in [1.165, 1.54) is 225 Å². The van der Waals surface area contributed by atoms with E-state index in [4.69, 9.17) is 14.2 Å². The van der Waals surface area contributed by atoms with Gasteiger partial charge in [-0.2, -0.15) is 0 Å². The lowest BCUT2D eigenvalue weighted by molar-refractivity contribution is -0.145. The number of esters is 2. The second-order valence-corrected chi connectivity index (χ2v) is 20.5. The molecule has 2 aliphatic heterocycles. The highest BCUT2D eigenvalue weighted by Crippen LogP contribution is 2.40. The smallest absolute Gasteiger partial charge is 0.305 e. The van der Waals surface area contributed by atoms with E-state index in [1.54, 1.807) is 0 Å². The molecule has 0 saturated carbocycles. The molecule has 0 amide bonds. The van der Waals surface area contributed by atoms with Crippen LogP contribution in [0.3, 0.4) is 0 Å². The van der Waals surface area contributed by atoms with E-state index in [0.717, 1.165) is 56.9 Å². The van der Waals surface area contributed by atoms with Crippen LogP contribution in [0, 0.1) is 11.8 Å². The van der Waals surface area contributed by atoms with Crippen LogP contribution in [0.15, 0.2) is 0 Å². The number of carbonyl (C=O) groups is 2. The molecular formula is C56H107NO5. The molecule has 2 rings (SSSR count). The Morgan fingerprint density at radius 1 is 0.500 bits per heavy atom. The van der Waals surface area contributed by atoms with E-state index >= 15 is 0 Å². The molecule has 0 N–H and O–H groups in total. The van der Waals surface area contributed by atoms with Gasteiger partial charge in [-0.05, 0) is 89.1 Å². The quantitative estimate of drug-likeness (QED) is 0.0449. The molecule has 0 aromatic heterocycles. The zero-order chi connectivity index (χ0) is 44.6. The highest BCUT2D eigenvalue weighted by molar-refractivity contribution is 5.69. The van der Waals surface area contributed by atoms with Gasteiger partial charge in [0.15, 0.2) is 0 Å². The van der Waals surface area contributed by atoms with Gasteiger partial charge in [-0.25, -0.2) is 0 Å². The lowest BCUT2D eigenvalue weighted by atomic mass is 9.87. The summed E-state index contributed by atoms with van der Waals surface area (Å²) in [6.45, 7) is 14.0. The maximum Gasteiger partial charge on any atom is 0.305 e. The molecule has 2 saturated heterocycles. The van der Waals surface area contributed by atoms with E-state index in [9.17, 15) is 9.59 Å². The van der Waals surface area contributed by atoms with Crippen molar-refractivity contribution in [1.29, 1.82) is 0 Å². The van der Waals surface area contributed by atoms with Crippen molar-refractivity contribution >= 4 is 11.9 Å². The Morgan fingerprint density at radius 3 is 1.29 bits per heavy atom. The van der Waals surface area contributed by atoms with Gasteiger partial charge >= 0.3 is 11.9 Å². The maximum atomic E-state index is 12.4. The number of nitrogens with zero attached hydrogens (tertiary/aromatic N) is 1. The van der Waals surface area contributed by atoms with Crippen LogP contribution in [0.5, 0.6) is 0 Å². The van der Waals surface area contributed by atoms with Gasteiger partial charge in [-0.15, -0.1) is 0 Å². The summed E-state index contributed by atoms with van der Waals surface area (Å²) in [5.74, 6) is 1.49. The van der Waals surface area contributed by atoms with Crippen molar-refractivity contribution in [2.75, 3.05) is 32.8 Å². The Labute approximate surface area is 386 Å². The van der Waals surface area contributed by atoms with E-state index in [2.05, 4.69) is 32.6 Å². The summed E-state index contributed by atoms with van der Waals surface area (Å²) in [5, 5.41) is 0. The molecule has 2 fully saturated rings. The molecule has 2 aliphatic rings. The Hall–Kier alpha value is -1.14. The third-order valence-corrected chi connectivity index (χ3v) is 14.7. The van der Waals surface area contributed by atoms with Crippen LogP contribution in [0.4, 0.5) is 0 Å². The van der Waals surface area contributed by atoms with Crippen molar-refractivity contribution in [3.63, 3.8) is 0 Å². The molecule has 0 spiro atoms. The average Bonchev–Trinajstić information content (AvgIpc) is 3.67. The van der Waals surface area contributed by atoms with E-state index < -0.39 is 0 Å². The third kappa shape index (κ3) is 30.9. The molecule has 0 aromatic carbocycles. The molecule has 0 aliphatic carbocycles. The summed E-state index contributed by atoms with van der Waals surface area (Å²) in [7, 11) is 0. The van der Waals surface area contributed by atoms with Gasteiger partial charge in [0, 0.05) is 19.4 Å². The number of unbranched alkanes of at least 4 members (excludes halogenated alkanes) is 20. The number of carbonyl (C=O) groups excluding carboxylic acids is 2. The molecule has 6 nitrogen and oxygen atoms in total. The van der Waals surface area contributed by atoms with Crippen molar-refractivity contribution in [2.24, 2.45) is 11.8 Å². The Bertz CT molecular complexity index is 932. The van der Waals surface area contributed by atoms with Gasteiger partial charge in [-0.1, -0.05) is 214 Å². The van der Waals surface area contributed by atoms with Crippen molar-refractivity contribution in [3.05, 3.63) is 0 Å². The predicted molar refractivity (Wildman–Crippen MR) is 265 cm³/mol. The Morgan fingerprint density at radius 2 is 0.887 bits per heavy atom. The van der Waals surface area contributed by atoms with Crippen molar-refractivity contribution < 1.29 is 23.8 Å². The lowest BCUT2D eigenvalue weighted by Gasteiger charge is -2.33. The Balaban J connectivity index is 1.58. The van der Waals surface area contributed by atoms with Crippen LogP contribution < -0.4 is 0 Å². The fourth-order valence-electron chi connectivity index (χ4n) is 10.6. The van der Waals surface area contributed by atoms with E-state index in [0.29, 0.717) is 32.2 Å². The number of rotatable bonds is 44. The first-order valence-electron chi connectivity index (χ1n) is 28.1. The number of ether oxygens (including phenoxy) is 3. The first kappa shape index (κ1) is 57.0. The fraction of sp³-hybridized carbons (Fsp3) is 0.964. The first-order chi connectivity index (χ1) is 30.4. The standard InChI is InChI=1S/C56H107NO5/c1-5-9-24-34-51(35-25-10-6-2)41-48-60-54(58)38-28-19-15-13-17-21-30-43-56(45-40-53(62-56)50-57-46-32-23-33-47-57)44-31-22-18-14-16-20-29-39-55(59)61-49-42-52(36-26-11-7-3)37-27-12-8-4/h51-53H,5-50H2,1-4H3. The van der Waals surface area contributed by atoms with Crippen molar-refractivity contribution in [2.45, 2.75) is 303 Å². The van der Waals surface area contributed by atoms with Crippen LogP contribution in [0.25, 0.3) is 0 Å². The highest BCUT2D eigenvalue weighted by Gasteiger charge is 2.39. The number of hydrogen-bond acceptors (Lipinski definition) is 6. The van der Waals surface area contributed by atoms with Gasteiger partial charge in [0.2, 0.25) is 0 Å². The molecule has 366 valence electrons. The first-order valence-corrected chi connectivity index (χ1v) is 28.1. The third-order valence-electron chi connectivity index (χ3n) is 14.7. The second kappa shape index (κ2) is 40.2. The number of hydrogen-bond donors (Lipinski definition) is 0. The normalized spacial score (nSPS) is 16.8. The van der Waals surface area contributed by atoms with E-state index in [1.807, 2.05) is 0 Å². The van der Waals surface area contributed by atoms with Crippen LogP contribution >= 0.6 is 0 Å². The second-order valence-electron chi connectivity index (χ2n) is 20.5. The molecule has 6 heteroatoms. The minimum Gasteiger partial charge on any atom is -0.466 e. The van der Waals surface area contributed by atoms with Gasteiger partial charge in [0.05, 0.1) is 24.9 Å². The molecule has 0 bridgehead atoms. The molecule has 62 heavy (non-hydrogen) atoms. The van der Waals surface area contributed by atoms with Gasteiger partial charge < -0.3 is 19.1 Å². The SMILES string of the molecule is CCCCCC(CCCCC)CCOC(=O)CCCCCCCCCC1(CCCCCCCCCC(=O)OCCC(CCCCC)CCCCC)CCC(CN2CCCCC2)O1. The summed E-state index contributed by atoms with van der Waals surface area (Å²) in [6, 6.07) is 0. The molecule has 1 unspecified atom stereocenters. The molecule has 0 aromatic rings.